The van der Waals surface area contributed by atoms with Gasteiger partial charge in [0.25, 0.3) is 0 Å². The van der Waals surface area contributed by atoms with Crippen LogP contribution in [0, 0.1) is 11.3 Å². The van der Waals surface area contributed by atoms with Crippen LogP contribution in [0.5, 0.6) is 0 Å². The molecule has 1 atom stereocenters. The molecule has 118 valence electrons. The Labute approximate surface area is 132 Å². The van der Waals surface area contributed by atoms with Gasteiger partial charge in [0, 0.05) is 24.7 Å². The zero-order chi connectivity index (χ0) is 15.2. The van der Waals surface area contributed by atoms with Crippen molar-refractivity contribution in [3.8, 4) is 0 Å². The second kappa shape index (κ2) is 5.36. The molecule has 2 aliphatic heterocycles. The highest BCUT2D eigenvalue weighted by Gasteiger charge is 2.58. The molecule has 1 aromatic rings. The van der Waals surface area contributed by atoms with Crippen LogP contribution in [-0.4, -0.2) is 25.5 Å². The molecular formula is C18H25N3O. The topological polar surface area (TPSA) is 58.4 Å². The first-order valence-electron chi connectivity index (χ1n) is 8.57. The summed E-state index contributed by atoms with van der Waals surface area (Å²) in [6, 6.07) is 6.35. The molecule has 1 spiro atoms. The Morgan fingerprint density at radius 1 is 1.36 bits per heavy atom. The molecule has 0 bridgehead atoms. The smallest absolute Gasteiger partial charge is 0.230 e. The first kappa shape index (κ1) is 14.2. The standard InChI is InChI=1S/C18H25N3O/c19-12-13-3-4-16-14(10-13)2-1-9-21(16)17(22)15-11-18(15)5-7-20-8-6-18/h3-4,10,15,20H,1-2,5-9,11-12,19H2. The minimum atomic E-state index is 0.259. The normalized spacial score (nSPS) is 25.9. The number of carbonyl (C=O) groups is 1. The van der Waals surface area contributed by atoms with Crippen molar-refractivity contribution in [1.82, 2.24) is 5.32 Å². The number of benzene rings is 1. The van der Waals surface area contributed by atoms with Crippen LogP contribution in [0.1, 0.15) is 36.8 Å². The molecule has 0 radical (unpaired) electrons. The number of nitrogens with two attached hydrogens (primary N) is 1. The third-order valence-corrected chi connectivity index (χ3v) is 5.85. The van der Waals surface area contributed by atoms with Gasteiger partial charge in [0.05, 0.1) is 0 Å². The van der Waals surface area contributed by atoms with Gasteiger partial charge < -0.3 is 16.0 Å². The van der Waals surface area contributed by atoms with Crippen molar-refractivity contribution >= 4 is 11.6 Å². The number of anilines is 1. The Morgan fingerprint density at radius 3 is 2.95 bits per heavy atom. The third kappa shape index (κ3) is 2.25. The van der Waals surface area contributed by atoms with E-state index in [4.69, 9.17) is 5.73 Å². The average molecular weight is 299 g/mol. The molecule has 2 heterocycles. The number of aryl methyl sites for hydroxylation is 1. The fourth-order valence-corrected chi connectivity index (χ4v) is 4.37. The molecule has 1 saturated carbocycles. The van der Waals surface area contributed by atoms with E-state index in [2.05, 4.69) is 28.4 Å². The summed E-state index contributed by atoms with van der Waals surface area (Å²) in [5, 5.41) is 3.41. The van der Waals surface area contributed by atoms with Crippen molar-refractivity contribution in [2.45, 2.75) is 38.6 Å². The van der Waals surface area contributed by atoms with E-state index in [-0.39, 0.29) is 5.92 Å². The summed E-state index contributed by atoms with van der Waals surface area (Å²) in [7, 11) is 0. The first-order valence-corrected chi connectivity index (χ1v) is 8.57. The molecule has 1 unspecified atom stereocenters. The number of nitrogens with zero attached hydrogens (tertiary/aromatic N) is 1. The van der Waals surface area contributed by atoms with Crippen molar-refractivity contribution in [2.75, 3.05) is 24.5 Å². The molecule has 1 aliphatic carbocycles. The number of piperidine rings is 1. The van der Waals surface area contributed by atoms with Crippen LogP contribution in [0.25, 0.3) is 0 Å². The van der Waals surface area contributed by atoms with E-state index in [1.165, 1.54) is 5.56 Å². The van der Waals surface area contributed by atoms with Crippen molar-refractivity contribution in [1.29, 1.82) is 0 Å². The fraction of sp³-hybridized carbons (Fsp3) is 0.611. The van der Waals surface area contributed by atoms with Crippen LogP contribution < -0.4 is 16.0 Å². The predicted octanol–water partition coefficient (Wildman–Crippen LogP) is 1.81. The number of amides is 1. The van der Waals surface area contributed by atoms with Gasteiger partial charge in [-0.25, -0.2) is 0 Å². The highest BCUT2D eigenvalue weighted by atomic mass is 16.2. The molecule has 4 nitrogen and oxygen atoms in total. The minimum absolute atomic E-state index is 0.259. The quantitative estimate of drug-likeness (QED) is 0.876. The lowest BCUT2D eigenvalue weighted by Gasteiger charge is -2.31. The maximum atomic E-state index is 13.0. The van der Waals surface area contributed by atoms with E-state index in [1.54, 1.807) is 0 Å². The molecule has 0 aromatic heterocycles. The van der Waals surface area contributed by atoms with Gasteiger partial charge in [-0.15, -0.1) is 0 Å². The van der Waals surface area contributed by atoms with Gasteiger partial charge in [0.2, 0.25) is 5.91 Å². The van der Waals surface area contributed by atoms with Gasteiger partial charge in [-0.1, -0.05) is 12.1 Å². The number of nitrogens with one attached hydrogen (secondary N) is 1. The summed E-state index contributed by atoms with van der Waals surface area (Å²) in [6.45, 7) is 3.58. The van der Waals surface area contributed by atoms with Gasteiger partial charge in [0.1, 0.15) is 0 Å². The Morgan fingerprint density at radius 2 is 2.18 bits per heavy atom. The van der Waals surface area contributed by atoms with E-state index in [1.807, 2.05) is 0 Å². The second-order valence-electron chi connectivity index (χ2n) is 7.13. The number of hydrogen-bond donors (Lipinski definition) is 2. The van der Waals surface area contributed by atoms with Gasteiger partial charge in [-0.05, 0) is 67.8 Å². The molecule has 3 N–H and O–H groups in total. The summed E-state index contributed by atoms with van der Waals surface area (Å²) in [4.78, 5) is 15.1. The van der Waals surface area contributed by atoms with Gasteiger partial charge in [-0.3, -0.25) is 4.79 Å². The van der Waals surface area contributed by atoms with Crippen LogP contribution in [0.15, 0.2) is 18.2 Å². The van der Waals surface area contributed by atoms with Crippen molar-refractivity contribution < 1.29 is 4.79 Å². The van der Waals surface area contributed by atoms with Crippen LogP contribution in [-0.2, 0) is 17.8 Å². The highest BCUT2D eigenvalue weighted by Crippen LogP contribution is 2.59. The predicted molar refractivity (Wildman–Crippen MR) is 87.7 cm³/mol. The van der Waals surface area contributed by atoms with Crippen LogP contribution >= 0.6 is 0 Å². The van der Waals surface area contributed by atoms with Crippen LogP contribution in [0.4, 0.5) is 5.69 Å². The van der Waals surface area contributed by atoms with Gasteiger partial charge in [0.15, 0.2) is 0 Å². The second-order valence-corrected chi connectivity index (χ2v) is 7.13. The summed E-state index contributed by atoms with van der Waals surface area (Å²) >= 11 is 0. The Balaban J connectivity index is 1.56. The van der Waals surface area contributed by atoms with Crippen molar-refractivity contribution in [3.63, 3.8) is 0 Å². The third-order valence-electron chi connectivity index (χ3n) is 5.85. The molecule has 2 fully saturated rings. The molecule has 3 aliphatic rings. The lowest BCUT2D eigenvalue weighted by atomic mass is 9.91. The lowest BCUT2D eigenvalue weighted by molar-refractivity contribution is -0.120. The zero-order valence-corrected chi connectivity index (χ0v) is 13.1. The minimum Gasteiger partial charge on any atom is -0.326 e. The number of carbonyl (C=O) groups excluding carboxylic acids is 1. The average Bonchev–Trinajstić information content (AvgIpc) is 3.26. The van der Waals surface area contributed by atoms with E-state index >= 15 is 0 Å². The lowest BCUT2D eigenvalue weighted by Crippen LogP contribution is -2.39. The Bertz CT molecular complexity index is 592. The monoisotopic (exact) mass is 299 g/mol. The summed E-state index contributed by atoms with van der Waals surface area (Å²) in [6.07, 6.45) is 5.55. The molecule has 1 amide bonds. The maximum Gasteiger partial charge on any atom is 0.230 e. The van der Waals surface area contributed by atoms with Crippen molar-refractivity contribution in [3.05, 3.63) is 29.3 Å². The SMILES string of the molecule is NCc1ccc2c(c1)CCCN2C(=O)C1CC12CCNCC2. The molecule has 4 rings (SSSR count). The van der Waals surface area contributed by atoms with Crippen molar-refractivity contribution in [2.24, 2.45) is 17.1 Å². The summed E-state index contributed by atoms with van der Waals surface area (Å²) in [5.41, 5.74) is 9.64. The first-order chi connectivity index (χ1) is 10.7. The zero-order valence-electron chi connectivity index (χ0n) is 13.1. The number of fused-ring (bicyclic) bond motifs is 1. The number of hydrogen-bond acceptors (Lipinski definition) is 3. The summed E-state index contributed by atoms with van der Waals surface area (Å²) in [5.74, 6) is 0.623. The highest BCUT2D eigenvalue weighted by molar-refractivity contribution is 5.98. The van der Waals surface area contributed by atoms with E-state index in [0.29, 0.717) is 17.9 Å². The Kier molecular flexibility index (Phi) is 3.46. The van der Waals surface area contributed by atoms with Crippen LogP contribution in [0.2, 0.25) is 0 Å². The fourth-order valence-electron chi connectivity index (χ4n) is 4.37. The summed E-state index contributed by atoms with van der Waals surface area (Å²) < 4.78 is 0. The number of rotatable bonds is 2. The van der Waals surface area contributed by atoms with E-state index in [0.717, 1.165) is 63.0 Å². The Hall–Kier alpha value is -1.39. The molecule has 22 heavy (non-hydrogen) atoms. The maximum absolute atomic E-state index is 13.0. The molecular weight excluding hydrogens is 274 g/mol. The molecule has 1 saturated heterocycles. The van der Waals surface area contributed by atoms with Crippen LogP contribution in [0.3, 0.4) is 0 Å². The van der Waals surface area contributed by atoms with E-state index in [9.17, 15) is 4.79 Å². The largest absolute Gasteiger partial charge is 0.326 e. The molecule has 4 heteroatoms. The molecule has 1 aromatic carbocycles. The van der Waals surface area contributed by atoms with Gasteiger partial charge in [-0.2, -0.15) is 0 Å². The van der Waals surface area contributed by atoms with E-state index < -0.39 is 0 Å². The van der Waals surface area contributed by atoms with Gasteiger partial charge >= 0.3 is 0 Å².